The van der Waals surface area contributed by atoms with Gasteiger partial charge in [-0.05, 0) is 31.0 Å². The maximum atomic E-state index is 12.7. The van der Waals surface area contributed by atoms with Gasteiger partial charge in [-0.3, -0.25) is 4.79 Å². The van der Waals surface area contributed by atoms with Crippen LogP contribution in [0.1, 0.15) is 18.7 Å². The zero-order valence-electron chi connectivity index (χ0n) is 16.8. The molecule has 8 heteroatoms. The second kappa shape index (κ2) is 8.46. The van der Waals surface area contributed by atoms with Crippen LogP contribution in [0.2, 0.25) is 0 Å². The largest absolute Gasteiger partial charge is 0.480 e. The first-order valence-electron chi connectivity index (χ1n) is 9.96. The molecule has 1 aliphatic heterocycles. The van der Waals surface area contributed by atoms with E-state index >= 15 is 0 Å². The summed E-state index contributed by atoms with van der Waals surface area (Å²) in [7, 11) is 3.58. The number of aromatic nitrogens is 4. The number of hydrogen-bond donors (Lipinski definition) is 1. The Balaban J connectivity index is 1.32. The summed E-state index contributed by atoms with van der Waals surface area (Å²) in [4.78, 5) is 19.5. The number of aryl methyl sites for hydroxylation is 1. The molecule has 1 saturated heterocycles. The van der Waals surface area contributed by atoms with Gasteiger partial charge >= 0.3 is 0 Å². The number of hydrogen-bond acceptors (Lipinski definition) is 6. The minimum atomic E-state index is -0.0481. The van der Waals surface area contributed by atoms with Crippen LogP contribution in [0.4, 0.5) is 5.82 Å². The summed E-state index contributed by atoms with van der Waals surface area (Å²) in [6, 6.07) is 11.8. The van der Waals surface area contributed by atoms with E-state index in [9.17, 15) is 4.79 Å². The molecule has 1 fully saturated rings. The second-order valence-corrected chi connectivity index (χ2v) is 7.34. The third-order valence-corrected chi connectivity index (χ3v) is 5.48. The molecule has 4 rings (SSSR count). The molecule has 2 aromatic heterocycles. The van der Waals surface area contributed by atoms with E-state index in [0.717, 1.165) is 42.1 Å². The zero-order chi connectivity index (χ0) is 20.2. The van der Waals surface area contributed by atoms with Crippen LogP contribution >= 0.6 is 0 Å². The van der Waals surface area contributed by atoms with Crippen molar-refractivity contribution in [3.8, 4) is 5.88 Å². The van der Waals surface area contributed by atoms with Gasteiger partial charge in [0.05, 0.1) is 24.1 Å². The summed E-state index contributed by atoms with van der Waals surface area (Å²) >= 11 is 0. The molecule has 152 valence electrons. The number of ether oxygens (including phenoxy) is 1. The number of carbonyl (C=O) groups is 1. The number of fused-ring (bicyclic) bond motifs is 1. The minimum absolute atomic E-state index is 0.0481. The van der Waals surface area contributed by atoms with Crippen LogP contribution < -0.4 is 15.0 Å². The highest BCUT2D eigenvalue weighted by Gasteiger charge is 2.26. The molecule has 1 amide bonds. The Labute approximate surface area is 169 Å². The van der Waals surface area contributed by atoms with Gasteiger partial charge in [-0.1, -0.05) is 12.1 Å². The molecule has 0 bridgehead atoms. The first-order valence-corrected chi connectivity index (χ1v) is 9.96. The number of anilines is 1. The monoisotopic (exact) mass is 394 g/mol. The van der Waals surface area contributed by atoms with E-state index in [1.165, 1.54) is 0 Å². The summed E-state index contributed by atoms with van der Waals surface area (Å²) in [5.41, 5.74) is 2.09. The molecule has 0 radical (unpaired) electrons. The highest BCUT2D eigenvalue weighted by Crippen LogP contribution is 2.22. The van der Waals surface area contributed by atoms with Crippen LogP contribution in [0.5, 0.6) is 5.88 Å². The van der Waals surface area contributed by atoms with E-state index in [-0.39, 0.29) is 11.8 Å². The van der Waals surface area contributed by atoms with Crippen LogP contribution in [0.15, 0.2) is 36.4 Å². The number of carbonyl (C=O) groups excluding carboxylic acids is 1. The molecule has 3 heterocycles. The Morgan fingerprint density at radius 3 is 2.86 bits per heavy atom. The van der Waals surface area contributed by atoms with Crippen molar-refractivity contribution >= 4 is 22.8 Å². The third kappa shape index (κ3) is 4.16. The van der Waals surface area contributed by atoms with Crippen molar-refractivity contribution in [3.05, 3.63) is 42.2 Å². The lowest BCUT2D eigenvalue weighted by atomic mass is 9.97. The molecule has 0 aliphatic carbocycles. The van der Waals surface area contributed by atoms with Gasteiger partial charge in [-0.25, -0.2) is 4.98 Å². The molecule has 0 unspecified atom stereocenters. The molecule has 0 spiro atoms. The molecular formula is C21H26N6O2. The SMILES string of the molecule is COc1ccc(N2CCC[C@@H](C(=O)NCCc3nc4ccccc4n3C)C2)nn1. The van der Waals surface area contributed by atoms with Gasteiger partial charge in [0.25, 0.3) is 0 Å². The Hall–Kier alpha value is -3.16. The predicted molar refractivity (Wildman–Crippen MR) is 111 cm³/mol. The number of nitrogens with zero attached hydrogens (tertiary/aromatic N) is 5. The fraction of sp³-hybridized carbons (Fsp3) is 0.429. The summed E-state index contributed by atoms with van der Waals surface area (Å²) in [6.07, 6.45) is 2.55. The molecule has 0 saturated carbocycles. The maximum Gasteiger partial charge on any atom is 0.233 e. The van der Waals surface area contributed by atoms with Crippen molar-refractivity contribution < 1.29 is 9.53 Å². The van der Waals surface area contributed by atoms with E-state index in [1.54, 1.807) is 13.2 Å². The summed E-state index contributed by atoms with van der Waals surface area (Å²) in [5.74, 6) is 2.29. The lowest BCUT2D eigenvalue weighted by Crippen LogP contribution is -2.44. The number of piperidine rings is 1. The van der Waals surface area contributed by atoms with Gasteiger partial charge in [0.15, 0.2) is 5.82 Å². The van der Waals surface area contributed by atoms with Gasteiger partial charge < -0.3 is 19.5 Å². The van der Waals surface area contributed by atoms with Crippen molar-refractivity contribution in [1.82, 2.24) is 25.1 Å². The number of amides is 1. The van der Waals surface area contributed by atoms with Crippen molar-refractivity contribution in [1.29, 1.82) is 0 Å². The van der Waals surface area contributed by atoms with Crippen molar-refractivity contribution in [2.75, 3.05) is 31.6 Å². The third-order valence-electron chi connectivity index (χ3n) is 5.48. The lowest BCUT2D eigenvalue weighted by molar-refractivity contribution is -0.125. The van der Waals surface area contributed by atoms with Gasteiger partial charge in [0.2, 0.25) is 11.8 Å². The minimum Gasteiger partial charge on any atom is -0.480 e. The molecule has 1 N–H and O–H groups in total. The van der Waals surface area contributed by atoms with Gasteiger partial charge in [-0.15, -0.1) is 10.2 Å². The number of imidazole rings is 1. The first kappa shape index (κ1) is 19.2. The molecule has 3 aromatic rings. The summed E-state index contributed by atoms with van der Waals surface area (Å²) in [6.45, 7) is 2.11. The predicted octanol–water partition coefficient (Wildman–Crippen LogP) is 1.95. The summed E-state index contributed by atoms with van der Waals surface area (Å²) < 4.78 is 7.15. The molecule has 1 atom stereocenters. The Morgan fingerprint density at radius 1 is 1.24 bits per heavy atom. The number of benzene rings is 1. The smallest absolute Gasteiger partial charge is 0.233 e. The molecule has 8 nitrogen and oxygen atoms in total. The van der Waals surface area contributed by atoms with Gasteiger partial charge in [-0.2, -0.15) is 0 Å². The summed E-state index contributed by atoms with van der Waals surface area (Å²) in [5, 5.41) is 11.3. The Bertz CT molecular complexity index is 985. The van der Waals surface area contributed by atoms with Crippen LogP contribution in [0, 0.1) is 5.92 Å². The van der Waals surface area contributed by atoms with Crippen molar-refractivity contribution in [2.24, 2.45) is 13.0 Å². The zero-order valence-corrected chi connectivity index (χ0v) is 16.8. The van der Waals surface area contributed by atoms with E-state index in [1.807, 2.05) is 31.3 Å². The topological polar surface area (TPSA) is 85.2 Å². The van der Waals surface area contributed by atoms with Crippen LogP contribution in [-0.2, 0) is 18.3 Å². The average Bonchev–Trinajstić information content (AvgIpc) is 3.09. The fourth-order valence-corrected chi connectivity index (χ4v) is 3.85. The van der Waals surface area contributed by atoms with Crippen molar-refractivity contribution in [2.45, 2.75) is 19.3 Å². The number of rotatable bonds is 6. The number of nitrogens with one attached hydrogen (secondary N) is 1. The van der Waals surface area contributed by atoms with E-state index in [2.05, 4.69) is 36.0 Å². The van der Waals surface area contributed by atoms with E-state index in [0.29, 0.717) is 25.4 Å². The van der Waals surface area contributed by atoms with Gasteiger partial charge in [0, 0.05) is 39.2 Å². The van der Waals surface area contributed by atoms with E-state index in [4.69, 9.17) is 4.74 Å². The molecular weight excluding hydrogens is 368 g/mol. The van der Waals surface area contributed by atoms with Gasteiger partial charge in [0.1, 0.15) is 5.82 Å². The molecule has 1 aliphatic rings. The van der Waals surface area contributed by atoms with E-state index < -0.39 is 0 Å². The number of methoxy groups -OCH3 is 1. The van der Waals surface area contributed by atoms with Crippen LogP contribution in [0.3, 0.4) is 0 Å². The normalized spacial score (nSPS) is 16.8. The molecule has 29 heavy (non-hydrogen) atoms. The van der Waals surface area contributed by atoms with Crippen LogP contribution in [-0.4, -0.2) is 52.4 Å². The average molecular weight is 394 g/mol. The first-order chi connectivity index (χ1) is 14.2. The van der Waals surface area contributed by atoms with Crippen molar-refractivity contribution in [3.63, 3.8) is 0 Å². The lowest BCUT2D eigenvalue weighted by Gasteiger charge is -2.32. The maximum absolute atomic E-state index is 12.7. The number of para-hydroxylation sites is 2. The highest BCUT2D eigenvalue weighted by atomic mass is 16.5. The van der Waals surface area contributed by atoms with Crippen LogP contribution in [0.25, 0.3) is 11.0 Å². The standard InChI is InChI=1S/C21H26N6O2/c1-26-17-8-4-3-7-16(17)23-18(26)11-12-22-21(28)15-6-5-13-27(14-15)19-9-10-20(29-2)25-24-19/h3-4,7-10,15H,5-6,11-14H2,1-2H3,(H,22,28)/t15-/m1/s1. The highest BCUT2D eigenvalue weighted by molar-refractivity contribution is 5.79. The fourth-order valence-electron chi connectivity index (χ4n) is 3.85. The quantitative estimate of drug-likeness (QED) is 0.688. The molecule has 1 aromatic carbocycles. The Kier molecular flexibility index (Phi) is 5.59. The second-order valence-electron chi connectivity index (χ2n) is 7.34. The Morgan fingerprint density at radius 2 is 2.10 bits per heavy atom.